The van der Waals surface area contributed by atoms with E-state index < -0.39 is 0 Å². The summed E-state index contributed by atoms with van der Waals surface area (Å²) in [6, 6.07) is 9.98. The number of thiophene rings is 1. The highest BCUT2D eigenvalue weighted by Gasteiger charge is 2.15. The minimum atomic E-state index is -0.0338. The van der Waals surface area contributed by atoms with Crippen LogP contribution in [0, 0.1) is 0 Å². The van der Waals surface area contributed by atoms with Crippen LogP contribution in [0.25, 0.3) is 10.4 Å². The fourth-order valence-corrected chi connectivity index (χ4v) is 3.48. The molecule has 0 unspecified atom stereocenters. The van der Waals surface area contributed by atoms with Crippen molar-refractivity contribution in [3.63, 3.8) is 0 Å². The predicted molar refractivity (Wildman–Crippen MR) is 96.2 cm³/mol. The molecular formula is C18H22N2O3S. The number of carbonyl (C=O) groups excluding carboxylic acids is 1. The highest BCUT2D eigenvalue weighted by Crippen LogP contribution is 2.36. The van der Waals surface area contributed by atoms with Gasteiger partial charge >= 0.3 is 0 Å². The molecule has 5 nitrogen and oxygen atoms in total. The Balaban J connectivity index is 1.68. The highest BCUT2D eigenvalue weighted by molar-refractivity contribution is 7.17. The first-order chi connectivity index (χ1) is 11.7. The molecule has 1 atom stereocenters. The molecule has 0 bridgehead atoms. The minimum Gasteiger partial charge on any atom is -0.486 e. The second-order valence-electron chi connectivity index (χ2n) is 5.69. The van der Waals surface area contributed by atoms with Crippen LogP contribution in [0.3, 0.4) is 0 Å². The minimum absolute atomic E-state index is 0.0338. The number of nitrogens with one attached hydrogen (secondary N) is 2. The lowest BCUT2D eigenvalue weighted by molar-refractivity contribution is 0.0954. The van der Waals surface area contributed by atoms with E-state index in [1.807, 2.05) is 30.3 Å². The van der Waals surface area contributed by atoms with E-state index in [9.17, 15) is 4.79 Å². The Morgan fingerprint density at radius 2 is 2.00 bits per heavy atom. The van der Waals surface area contributed by atoms with Crippen LogP contribution in [0.1, 0.15) is 23.5 Å². The van der Waals surface area contributed by atoms with E-state index in [1.54, 1.807) is 0 Å². The van der Waals surface area contributed by atoms with Gasteiger partial charge in [-0.3, -0.25) is 4.79 Å². The van der Waals surface area contributed by atoms with Crippen LogP contribution in [-0.4, -0.2) is 38.3 Å². The Morgan fingerprint density at radius 1 is 1.21 bits per heavy atom. The van der Waals surface area contributed by atoms with E-state index in [4.69, 9.17) is 9.47 Å². The first-order valence-corrected chi connectivity index (χ1v) is 9.00. The monoisotopic (exact) mass is 346 g/mol. The molecule has 1 aliphatic rings. The summed E-state index contributed by atoms with van der Waals surface area (Å²) in [5.41, 5.74) is 1.03. The van der Waals surface area contributed by atoms with Gasteiger partial charge in [-0.2, -0.15) is 0 Å². The van der Waals surface area contributed by atoms with Gasteiger partial charge in [0, 0.05) is 17.5 Å². The first kappa shape index (κ1) is 16.8. The third kappa shape index (κ3) is 3.88. The summed E-state index contributed by atoms with van der Waals surface area (Å²) >= 11 is 1.48. The SMILES string of the molecule is CCN[C@H](C)CNC(=O)c1ccc(-c2ccc3c(c2)OCCO3)s1. The Kier molecular flexibility index (Phi) is 5.37. The third-order valence-electron chi connectivity index (χ3n) is 3.78. The maximum Gasteiger partial charge on any atom is 0.261 e. The molecule has 0 saturated heterocycles. The summed E-state index contributed by atoms with van der Waals surface area (Å²) in [5, 5.41) is 6.24. The number of fused-ring (bicyclic) bond motifs is 1. The molecular weight excluding hydrogens is 324 g/mol. The molecule has 1 aromatic carbocycles. The Morgan fingerprint density at radius 3 is 2.79 bits per heavy atom. The van der Waals surface area contributed by atoms with Gasteiger partial charge in [-0.1, -0.05) is 6.92 Å². The molecule has 2 N–H and O–H groups in total. The van der Waals surface area contributed by atoms with Gasteiger partial charge in [-0.15, -0.1) is 11.3 Å². The van der Waals surface area contributed by atoms with Crippen LogP contribution >= 0.6 is 11.3 Å². The first-order valence-electron chi connectivity index (χ1n) is 8.19. The molecule has 0 spiro atoms. The van der Waals surface area contributed by atoms with Crippen LogP contribution < -0.4 is 20.1 Å². The highest BCUT2D eigenvalue weighted by atomic mass is 32.1. The molecule has 0 fully saturated rings. The van der Waals surface area contributed by atoms with E-state index >= 15 is 0 Å². The molecule has 0 radical (unpaired) electrons. The number of hydrogen-bond acceptors (Lipinski definition) is 5. The molecule has 1 amide bonds. The Bertz CT molecular complexity index is 714. The van der Waals surface area contributed by atoms with Crippen LogP contribution in [0.15, 0.2) is 30.3 Å². The number of likely N-dealkylation sites (N-methyl/N-ethyl adjacent to an activating group) is 1. The summed E-state index contributed by atoms with van der Waals surface area (Å²) in [6.45, 7) is 6.77. The van der Waals surface area contributed by atoms with E-state index in [0.717, 1.165) is 28.5 Å². The molecule has 1 aliphatic heterocycles. The van der Waals surface area contributed by atoms with Crippen LogP contribution in [0.2, 0.25) is 0 Å². The average Bonchev–Trinajstić information content (AvgIpc) is 3.10. The number of rotatable bonds is 6. The molecule has 24 heavy (non-hydrogen) atoms. The Hall–Kier alpha value is -2.05. The second kappa shape index (κ2) is 7.68. The summed E-state index contributed by atoms with van der Waals surface area (Å²) in [5.74, 6) is 1.50. The van der Waals surface area contributed by atoms with E-state index in [-0.39, 0.29) is 11.9 Å². The van der Waals surface area contributed by atoms with Crippen molar-refractivity contribution in [3.8, 4) is 21.9 Å². The van der Waals surface area contributed by atoms with Crippen LogP contribution in [-0.2, 0) is 0 Å². The average molecular weight is 346 g/mol. The van der Waals surface area contributed by atoms with E-state index in [2.05, 4.69) is 24.5 Å². The molecule has 3 rings (SSSR count). The number of benzene rings is 1. The van der Waals surface area contributed by atoms with Gasteiger partial charge in [-0.25, -0.2) is 0 Å². The van der Waals surface area contributed by atoms with E-state index in [0.29, 0.717) is 24.6 Å². The van der Waals surface area contributed by atoms with Crippen LogP contribution in [0.4, 0.5) is 0 Å². The number of carbonyl (C=O) groups is 1. The molecule has 128 valence electrons. The lowest BCUT2D eigenvalue weighted by atomic mass is 10.1. The fourth-order valence-electron chi connectivity index (χ4n) is 2.57. The fraction of sp³-hybridized carbons (Fsp3) is 0.389. The van der Waals surface area contributed by atoms with Crippen molar-refractivity contribution in [1.29, 1.82) is 0 Å². The van der Waals surface area contributed by atoms with Crippen molar-refractivity contribution in [2.24, 2.45) is 0 Å². The van der Waals surface area contributed by atoms with Gasteiger partial charge in [0.2, 0.25) is 0 Å². The zero-order valence-electron chi connectivity index (χ0n) is 13.9. The Labute approximate surface area is 146 Å². The van der Waals surface area contributed by atoms with Gasteiger partial charge in [0.1, 0.15) is 13.2 Å². The lowest BCUT2D eigenvalue weighted by Crippen LogP contribution is -2.38. The maximum atomic E-state index is 12.3. The molecule has 1 aromatic heterocycles. The van der Waals surface area contributed by atoms with Crippen molar-refractivity contribution in [3.05, 3.63) is 35.2 Å². The zero-order valence-corrected chi connectivity index (χ0v) is 14.7. The van der Waals surface area contributed by atoms with Crippen molar-refractivity contribution in [2.45, 2.75) is 19.9 Å². The third-order valence-corrected chi connectivity index (χ3v) is 4.91. The normalized spacial score (nSPS) is 14.2. The van der Waals surface area contributed by atoms with Crippen molar-refractivity contribution in [2.75, 3.05) is 26.3 Å². The summed E-state index contributed by atoms with van der Waals surface area (Å²) < 4.78 is 11.2. The molecule has 0 saturated carbocycles. The van der Waals surface area contributed by atoms with Crippen LogP contribution in [0.5, 0.6) is 11.5 Å². The van der Waals surface area contributed by atoms with Gasteiger partial charge in [0.25, 0.3) is 5.91 Å². The number of hydrogen-bond donors (Lipinski definition) is 2. The molecule has 6 heteroatoms. The summed E-state index contributed by atoms with van der Waals surface area (Å²) in [4.78, 5) is 14.0. The molecule has 0 aliphatic carbocycles. The van der Waals surface area contributed by atoms with Crippen molar-refractivity contribution >= 4 is 17.2 Å². The molecule has 2 aromatic rings. The van der Waals surface area contributed by atoms with Gasteiger partial charge < -0.3 is 20.1 Å². The smallest absolute Gasteiger partial charge is 0.261 e. The second-order valence-corrected chi connectivity index (χ2v) is 6.77. The van der Waals surface area contributed by atoms with Gasteiger partial charge in [0.05, 0.1) is 4.88 Å². The standard InChI is InChI=1S/C18H22N2O3S/c1-3-19-12(2)11-20-18(21)17-7-6-16(24-17)13-4-5-14-15(10-13)23-9-8-22-14/h4-7,10,12,19H,3,8-9,11H2,1-2H3,(H,20,21)/t12-/m1/s1. The zero-order chi connectivity index (χ0) is 16.9. The topological polar surface area (TPSA) is 59.6 Å². The quantitative estimate of drug-likeness (QED) is 0.844. The number of ether oxygens (including phenoxy) is 2. The predicted octanol–water partition coefficient (Wildman–Crippen LogP) is 2.91. The van der Waals surface area contributed by atoms with Gasteiger partial charge in [-0.05, 0) is 49.4 Å². The summed E-state index contributed by atoms with van der Waals surface area (Å²) in [7, 11) is 0. The van der Waals surface area contributed by atoms with Crippen molar-refractivity contribution < 1.29 is 14.3 Å². The van der Waals surface area contributed by atoms with Gasteiger partial charge in [0.15, 0.2) is 11.5 Å². The number of amides is 1. The van der Waals surface area contributed by atoms with E-state index in [1.165, 1.54) is 11.3 Å². The summed E-state index contributed by atoms with van der Waals surface area (Å²) in [6.07, 6.45) is 0. The molecule has 2 heterocycles. The lowest BCUT2D eigenvalue weighted by Gasteiger charge is -2.18. The largest absolute Gasteiger partial charge is 0.486 e. The maximum absolute atomic E-state index is 12.3. The van der Waals surface area contributed by atoms with Crippen molar-refractivity contribution in [1.82, 2.24) is 10.6 Å².